The monoisotopic (exact) mass is 336 g/mol. The summed E-state index contributed by atoms with van der Waals surface area (Å²) in [5.74, 6) is -0.147. The third-order valence-electron chi connectivity index (χ3n) is 5.70. The summed E-state index contributed by atoms with van der Waals surface area (Å²) in [6.07, 6.45) is 2.03. The van der Waals surface area contributed by atoms with Gasteiger partial charge in [-0.1, -0.05) is 29.8 Å². The molecule has 1 aliphatic rings. The molecule has 0 fully saturated rings. The highest BCUT2D eigenvalue weighted by molar-refractivity contribution is 5.86. The summed E-state index contributed by atoms with van der Waals surface area (Å²) in [6.45, 7) is 6.34. The highest BCUT2D eigenvalue weighted by atomic mass is 19.1. The molecule has 0 saturated heterocycles. The van der Waals surface area contributed by atoms with Crippen molar-refractivity contribution < 1.29 is 4.39 Å². The minimum Gasteiger partial charge on any atom is -0.344 e. The predicted octanol–water partition coefficient (Wildman–Crippen LogP) is 4.88. The van der Waals surface area contributed by atoms with E-state index < -0.39 is 0 Å². The Morgan fingerprint density at radius 1 is 1.12 bits per heavy atom. The molecule has 3 heteroatoms. The number of benzene rings is 2. The Labute approximate surface area is 148 Å². The van der Waals surface area contributed by atoms with Crippen molar-refractivity contribution in [3.8, 4) is 0 Å². The molecule has 0 saturated carbocycles. The molecule has 1 atom stereocenters. The van der Waals surface area contributed by atoms with Crippen molar-refractivity contribution in [2.45, 2.75) is 39.3 Å². The summed E-state index contributed by atoms with van der Waals surface area (Å²) in [5, 5.41) is 1.08. The van der Waals surface area contributed by atoms with Crippen LogP contribution in [0.5, 0.6) is 0 Å². The maximum atomic E-state index is 13.9. The van der Waals surface area contributed by atoms with Crippen molar-refractivity contribution in [1.82, 2.24) is 9.47 Å². The molecule has 130 valence electrons. The second-order valence-electron chi connectivity index (χ2n) is 7.32. The molecule has 0 N–H and O–H groups in total. The lowest BCUT2D eigenvalue weighted by Gasteiger charge is -2.31. The van der Waals surface area contributed by atoms with Crippen LogP contribution in [0.15, 0.2) is 42.5 Å². The van der Waals surface area contributed by atoms with Crippen LogP contribution in [0.4, 0.5) is 4.39 Å². The molecule has 0 spiro atoms. The molecule has 25 heavy (non-hydrogen) atoms. The summed E-state index contributed by atoms with van der Waals surface area (Å²) in [5.41, 5.74) is 6.51. The van der Waals surface area contributed by atoms with E-state index in [0.717, 1.165) is 31.3 Å². The van der Waals surface area contributed by atoms with Gasteiger partial charge in [0.15, 0.2) is 0 Å². The molecule has 0 radical (unpaired) electrons. The van der Waals surface area contributed by atoms with Gasteiger partial charge in [0.05, 0.1) is 0 Å². The normalized spacial score (nSPS) is 17.8. The van der Waals surface area contributed by atoms with Crippen LogP contribution in [0.3, 0.4) is 0 Å². The Morgan fingerprint density at radius 3 is 2.64 bits per heavy atom. The van der Waals surface area contributed by atoms with Crippen LogP contribution in [0.25, 0.3) is 10.9 Å². The van der Waals surface area contributed by atoms with Crippen LogP contribution in [0.1, 0.15) is 35.3 Å². The van der Waals surface area contributed by atoms with Gasteiger partial charge in [0.2, 0.25) is 0 Å². The molecule has 2 nitrogen and oxygen atoms in total. The van der Waals surface area contributed by atoms with Gasteiger partial charge in [0.25, 0.3) is 0 Å². The van der Waals surface area contributed by atoms with Gasteiger partial charge in [-0.3, -0.25) is 4.90 Å². The van der Waals surface area contributed by atoms with Crippen LogP contribution in [0, 0.1) is 12.7 Å². The molecule has 0 aliphatic carbocycles. The van der Waals surface area contributed by atoms with Crippen molar-refractivity contribution in [2.24, 2.45) is 0 Å². The van der Waals surface area contributed by atoms with Crippen LogP contribution >= 0.6 is 0 Å². The second kappa shape index (κ2) is 6.30. The van der Waals surface area contributed by atoms with E-state index in [9.17, 15) is 4.39 Å². The maximum absolute atomic E-state index is 13.9. The molecule has 1 aliphatic heterocycles. The molecule has 4 rings (SSSR count). The van der Waals surface area contributed by atoms with Gasteiger partial charge in [-0.05, 0) is 56.6 Å². The number of halogens is 1. The first-order chi connectivity index (χ1) is 12.0. The molecule has 0 bridgehead atoms. The zero-order valence-electron chi connectivity index (χ0n) is 15.2. The van der Waals surface area contributed by atoms with E-state index >= 15 is 0 Å². The average Bonchev–Trinajstić information content (AvgIpc) is 2.91. The van der Waals surface area contributed by atoms with Gasteiger partial charge in [-0.15, -0.1) is 0 Å². The fraction of sp³-hybridized carbons (Fsp3) is 0.364. The van der Waals surface area contributed by atoms with Crippen molar-refractivity contribution in [3.05, 3.63) is 70.7 Å². The van der Waals surface area contributed by atoms with E-state index in [1.807, 2.05) is 6.07 Å². The minimum absolute atomic E-state index is 0.147. The second-order valence-corrected chi connectivity index (χ2v) is 7.32. The van der Waals surface area contributed by atoms with Gasteiger partial charge in [0.1, 0.15) is 5.82 Å². The highest BCUT2D eigenvalue weighted by Gasteiger charge is 2.27. The third kappa shape index (κ3) is 2.87. The Hall–Kier alpha value is -2.13. The Kier molecular flexibility index (Phi) is 4.12. The van der Waals surface area contributed by atoms with Crippen LogP contribution in [0.2, 0.25) is 0 Å². The van der Waals surface area contributed by atoms with E-state index in [1.165, 1.54) is 27.9 Å². The first kappa shape index (κ1) is 16.3. The van der Waals surface area contributed by atoms with Crippen LogP contribution < -0.4 is 0 Å². The third-order valence-corrected chi connectivity index (χ3v) is 5.70. The number of aromatic nitrogens is 1. The standard InChI is InChI=1S/C22H25FN2/c1-15-4-6-17(7-5-15)10-13-25-20-9-8-18(23)14-19(20)22-16(2)24(3)12-11-21(22)25/h4-9,14,16H,10-13H2,1-3H3. The number of rotatable bonds is 3. The van der Waals surface area contributed by atoms with E-state index in [0.29, 0.717) is 6.04 Å². The van der Waals surface area contributed by atoms with Gasteiger partial charge in [-0.2, -0.15) is 0 Å². The van der Waals surface area contributed by atoms with E-state index in [-0.39, 0.29) is 5.82 Å². The zero-order chi connectivity index (χ0) is 17.6. The minimum atomic E-state index is -0.147. The number of hydrogen-bond donors (Lipinski definition) is 0. The van der Waals surface area contributed by atoms with Gasteiger partial charge in [-0.25, -0.2) is 4.39 Å². The van der Waals surface area contributed by atoms with Gasteiger partial charge < -0.3 is 4.57 Å². The van der Waals surface area contributed by atoms with E-state index in [4.69, 9.17) is 0 Å². The number of aryl methyl sites for hydroxylation is 3. The summed E-state index contributed by atoms with van der Waals surface area (Å²) in [7, 11) is 2.16. The fourth-order valence-corrected chi connectivity index (χ4v) is 4.09. The Bertz CT molecular complexity index is 908. The van der Waals surface area contributed by atoms with Crippen molar-refractivity contribution in [2.75, 3.05) is 13.6 Å². The van der Waals surface area contributed by atoms with Crippen molar-refractivity contribution >= 4 is 10.9 Å². The fourth-order valence-electron chi connectivity index (χ4n) is 4.09. The lowest BCUT2D eigenvalue weighted by molar-refractivity contribution is 0.245. The first-order valence-corrected chi connectivity index (χ1v) is 9.11. The van der Waals surface area contributed by atoms with E-state index in [1.54, 1.807) is 12.1 Å². The SMILES string of the molecule is Cc1ccc(CCn2c3c(c4cc(F)ccc42)C(C)N(C)CC3)cc1. The number of likely N-dealkylation sites (N-methyl/N-ethyl adjacent to an activating group) is 1. The quantitative estimate of drug-likeness (QED) is 0.662. The lowest BCUT2D eigenvalue weighted by atomic mass is 9.97. The first-order valence-electron chi connectivity index (χ1n) is 9.11. The topological polar surface area (TPSA) is 8.17 Å². The average molecular weight is 336 g/mol. The predicted molar refractivity (Wildman–Crippen MR) is 102 cm³/mol. The van der Waals surface area contributed by atoms with Crippen LogP contribution in [-0.2, 0) is 19.4 Å². The summed E-state index contributed by atoms with van der Waals surface area (Å²) >= 11 is 0. The highest BCUT2D eigenvalue weighted by Crippen LogP contribution is 2.37. The summed E-state index contributed by atoms with van der Waals surface area (Å²) in [6, 6.07) is 14.3. The van der Waals surface area contributed by atoms with Crippen molar-refractivity contribution in [1.29, 1.82) is 0 Å². The lowest BCUT2D eigenvalue weighted by Crippen LogP contribution is -2.31. The van der Waals surface area contributed by atoms with Gasteiger partial charge in [0, 0.05) is 42.1 Å². The number of hydrogen-bond acceptors (Lipinski definition) is 1. The molecule has 1 aromatic heterocycles. The molecule has 3 aromatic rings. The zero-order valence-corrected chi connectivity index (χ0v) is 15.2. The molecular formula is C22H25FN2. The molecule has 0 amide bonds. The summed E-state index contributed by atoms with van der Waals surface area (Å²) in [4.78, 5) is 2.36. The van der Waals surface area contributed by atoms with E-state index in [2.05, 4.69) is 54.6 Å². The number of nitrogens with zero attached hydrogens (tertiary/aromatic N) is 2. The number of fused-ring (bicyclic) bond motifs is 3. The molecule has 2 heterocycles. The molecule has 2 aromatic carbocycles. The Morgan fingerprint density at radius 2 is 1.88 bits per heavy atom. The molecular weight excluding hydrogens is 311 g/mol. The summed E-state index contributed by atoms with van der Waals surface area (Å²) < 4.78 is 16.3. The van der Waals surface area contributed by atoms with Crippen molar-refractivity contribution in [3.63, 3.8) is 0 Å². The largest absolute Gasteiger partial charge is 0.344 e. The Balaban J connectivity index is 1.76. The van der Waals surface area contributed by atoms with Gasteiger partial charge >= 0.3 is 0 Å². The molecule has 1 unspecified atom stereocenters. The maximum Gasteiger partial charge on any atom is 0.123 e. The van der Waals surface area contributed by atoms with Crippen LogP contribution in [-0.4, -0.2) is 23.1 Å². The smallest absolute Gasteiger partial charge is 0.123 e.